The Morgan fingerprint density at radius 3 is 2.45 bits per heavy atom. The van der Waals surface area contributed by atoms with Crippen molar-refractivity contribution in [3.8, 4) is 22.1 Å². The van der Waals surface area contributed by atoms with E-state index in [1.165, 1.54) is 10.6 Å². The zero-order valence-electron chi connectivity index (χ0n) is 22.7. The fourth-order valence-corrected chi connectivity index (χ4v) is 6.83. The molecule has 5 rings (SSSR count). The summed E-state index contributed by atoms with van der Waals surface area (Å²) in [4.78, 5) is 23.3. The standard InChI is InChI=1S/C31H33N3O4S2/c1-22-18-26(12-13-28(22)38-20-30(35)36)39-21-29-27(32-31(40-29)23-6-4-3-5-7-23)19-33-14-16-34(17-15-33)24-8-10-25(37-2)11-9-24/h3-13,18H,14-17,19-21H2,1-2H3,(H,35,36). The molecule has 208 valence electrons. The Bertz CT molecular complexity index is 1420. The van der Waals surface area contributed by atoms with Crippen molar-refractivity contribution in [1.29, 1.82) is 0 Å². The number of methoxy groups -OCH3 is 1. The van der Waals surface area contributed by atoms with Crippen molar-refractivity contribution >= 4 is 34.8 Å². The molecule has 9 heteroatoms. The lowest BCUT2D eigenvalue weighted by Crippen LogP contribution is -2.46. The minimum atomic E-state index is -0.980. The van der Waals surface area contributed by atoms with Gasteiger partial charge >= 0.3 is 5.97 Å². The number of anilines is 1. The molecule has 0 saturated carbocycles. The van der Waals surface area contributed by atoms with E-state index in [-0.39, 0.29) is 6.61 Å². The summed E-state index contributed by atoms with van der Waals surface area (Å²) < 4.78 is 10.7. The maximum absolute atomic E-state index is 10.8. The van der Waals surface area contributed by atoms with Gasteiger partial charge < -0.3 is 19.5 Å². The van der Waals surface area contributed by atoms with Crippen LogP contribution in [0, 0.1) is 6.92 Å². The molecule has 3 aromatic carbocycles. The number of aliphatic carboxylic acids is 1. The third-order valence-corrected chi connectivity index (χ3v) is 9.20. The number of thiazole rings is 1. The highest BCUT2D eigenvalue weighted by molar-refractivity contribution is 7.98. The van der Waals surface area contributed by atoms with Gasteiger partial charge in [0.1, 0.15) is 16.5 Å². The normalized spacial score (nSPS) is 13.8. The number of carboxylic acids is 1. The zero-order valence-corrected chi connectivity index (χ0v) is 24.3. The van der Waals surface area contributed by atoms with E-state index in [0.717, 1.165) is 71.0 Å². The number of nitrogens with zero attached hydrogens (tertiary/aromatic N) is 3. The largest absolute Gasteiger partial charge is 0.497 e. The van der Waals surface area contributed by atoms with Crippen LogP contribution in [0.4, 0.5) is 5.69 Å². The molecule has 7 nitrogen and oxygen atoms in total. The second kappa shape index (κ2) is 13.2. The van der Waals surface area contributed by atoms with Crippen LogP contribution in [0.25, 0.3) is 10.6 Å². The van der Waals surface area contributed by atoms with Crippen molar-refractivity contribution in [2.75, 3.05) is 44.8 Å². The Hall–Kier alpha value is -3.53. The highest BCUT2D eigenvalue weighted by Crippen LogP contribution is 2.35. The lowest BCUT2D eigenvalue weighted by Gasteiger charge is -2.36. The van der Waals surface area contributed by atoms with E-state index < -0.39 is 5.97 Å². The lowest BCUT2D eigenvalue weighted by atomic mass is 10.2. The maximum atomic E-state index is 10.8. The molecule has 1 saturated heterocycles. The Morgan fingerprint density at radius 2 is 1.77 bits per heavy atom. The molecular formula is C31H33N3O4S2. The summed E-state index contributed by atoms with van der Waals surface area (Å²) in [6.45, 7) is 6.34. The minimum Gasteiger partial charge on any atom is -0.497 e. The van der Waals surface area contributed by atoms with Crippen molar-refractivity contribution in [1.82, 2.24) is 9.88 Å². The van der Waals surface area contributed by atoms with Gasteiger partial charge in [-0.05, 0) is 55.0 Å². The van der Waals surface area contributed by atoms with Gasteiger partial charge in [-0.15, -0.1) is 23.1 Å². The first kappa shape index (κ1) is 28.0. The third kappa shape index (κ3) is 7.15. The van der Waals surface area contributed by atoms with Gasteiger partial charge in [-0.3, -0.25) is 4.90 Å². The molecule has 1 aliphatic heterocycles. The second-order valence-electron chi connectivity index (χ2n) is 9.61. The number of carbonyl (C=O) groups is 1. The summed E-state index contributed by atoms with van der Waals surface area (Å²) in [7, 11) is 1.69. The first-order chi connectivity index (χ1) is 19.5. The quantitative estimate of drug-likeness (QED) is 0.212. The van der Waals surface area contributed by atoms with Gasteiger partial charge in [-0.2, -0.15) is 0 Å². The number of piperazine rings is 1. The number of rotatable bonds is 11. The second-order valence-corrected chi connectivity index (χ2v) is 11.7. The van der Waals surface area contributed by atoms with Crippen LogP contribution < -0.4 is 14.4 Å². The highest BCUT2D eigenvalue weighted by atomic mass is 32.2. The minimum absolute atomic E-state index is 0.339. The van der Waals surface area contributed by atoms with Gasteiger partial charge in [0.2, 0.25) is 0 Å². The first-order valence-corrected chi connectivity index (χ1v) is 15.0. The summed E-state index contributed by atoms with van der Waals surface area (Å²) in [5.74, 6) is 1.32. The number of ether oxygens (including phenoxy) is 2. The van der Waals surface area contributed by atoms with E-state index >= 15 is 0 Å². The Kier molecular flexibility index (Phi) is 9.26. The Balaban J connectivity index is 1.26. The summed E-state index contributed by atoms with van der Waals surface area (Å²) in [5, 5.41) is 9.95. The van der Waals surface area contributed by atoms with E-state index in [1.54, 1.807) is 30.2 Å². The van der Waals surface area contributed by atoms with Gasteiger partial charge in [-0.25, -0.2) is 9.78 Å². The smallest absolute Gasteiger partial charge is 0.341 e. The summed E-state index contributed by atoms with van der Waals surface area (Å²) in [6, 6.07) is 24.6. The number of hydrogen-bond donors (Lipinski definition) is 1. The number of benzene rings is 3. The average molecular weight is 576 g/mol. The van der Waals surface area contributed by atoms with E-state index in [1.807, 2.05) is 37.3 Å². The molecule has 40 heavy (non-hydrogen) atoms. The van der Waals surface area contributed by atoms with Crippen LogP contribution in [0.5, 0.6) is 11.5 Å². The number of hydrogen-bond acceptors (Lipinski definition) is 8. The predicted molar refractivity (Wildman–Crippen MR) is 162 cm³/mol. The van der Waals surface area contributed by atoms with Gasteiger partial charge in [0.15, 0.2) is 6.61 Å². The molecule has 1 N–H and O–H groups in total. The molecule has 0 aliphatic carbocycles. The maximum Gasteiger partial charge on any atom is 0.341 e. The molecule has 1 fully saturated rings. The predicted octanol–water partition coefficient (Wildman–Crippen LogP) is 6.21. The van der Waals surface area contributed by atoms with Crippen LogP contribution in [-0.2, 0) is 17.1 Å². The van der Waals surface area contributed by atoms with Crippen LogP contribution in [-0.4, -0.2) is 60.9 Å². The number of aromatic nitrogens is 1. The number of aryl methyl sites for hydroxylation is 1. The Morgan fingerprint density at radius 1 is 1.02 bits per heavy atom. The molecule has 4 aromatic rings. The molecule has 0 spiro atoms. The molecule has 0 unspecified atom stereocenters. The van der Waals surface area contributed by atoms with E-state index in [0.29, 0.717) is 5.75 Å². The zero-order chi connectivity index (χ0) is 27.9. The topological polar surface area (TPSA) is 75.1 Å². The van der Waals surface area contributed by atoms with Crippen LogP contribution in [0.1, 0.15) is 16.1 Å². The van der Waals surface area contributed by atoms with Crippen LogP contribution >= 0.6 is 23.1 Å². The molecule has 1 aromatic heterocycles. The average Bonchev–Trinajstić information content (AvgIpc) is 3.39. The molecule has 0 atom stereocenters. The Labute approximate surface area is 243 Å². The van der Waals surface area contributed by atoms with E-state index in [9.17, 15) is 4.79 Å². The fourth-order valence-electron chi connectivity index (χ4n) is 4.65. The van der Waals surface area contributed by atoms with Crippen molar-refractivity contribution < 1.29 is 19.4 Å². The number of thioether (sulfide) groups is 1. The molecule has 1 aliphatic rings. The van der Waals surface area contributed by atoms with E-state index in [2.05, 4.69) is 52.3 Å². The molecule has 2 heterocycles. The monoisotopic (exact) mass is 575 g/mol. The van der Waals surface area contributed by atoms with Crippen LogP contribution in [0.3, 0.4) is 0 Å². The van der Waals surface area contributed by atoms with Gasteiger partial charge in [0.25, 0.3) is 0 Å². The summed E-state index contributed by atoms with van der Waals surface area (Å²) in [6.07, 6.45) is 0. The van der Waals surface area contributed by atoms with E-state index in [4.69, 9.17) is 19.6 Å². The summed E-state index contributed by atoms with van der Waals surface area (Å²) >= 11 is 3.54. The van der Waals surface area contributed by atoms with Gasteiger partial charge in [0, 0.05) is 59.5 Å². The van der Waals surface area contributed by atoms with Gasteiger partial charge in [-0.1, -0.05) is 30.3 Å². The van der Waals surface area contributed by atoms with Crippen molar-refractivity contribution in [3.05, 3.63) is 88.9 Å². The highest BCUT2D eigenvalue weighted by Gasteiger charge is 2.21. The molecule has 0 bridgehead atoms. The molecule has 0 amide bonds. The molecular weight excluding hydrogens is 542 g/mol. The van der Waals surface area contributed by atoms with Crippen molar-refractivity contribution in [2.45, 2.75) is 24.1 Å². The number of carboxylic acid groups (broad SMARTS) is 1. The first-order valence-electron chi connectivity index (χ1n) is 13.2. The lowest BCUT2D eigenvalue weighted by molar-refractivity contribution is -0.139. The van der Waals surface area contributed by atoms with Gasteiger partial charge in [0.05, 0.1) is 12.8 Å². The summed E-state index contributed by atoms with van der Waals surface area (Å²) in [5.41, 5.74) is 4.44. The van der Waals surface area contributed by atoms with Crippen LogP contribution in [0.15, 0.2) is 77.7 Å². The van der Waals surface area contributed by atoms with Crippen LogP contribution in [0.2, 0.25) is 0 Å². The third-order valence-electron chi connectivity index (χ3n) is 6.85. The van der Waals surface area contributed by atoms with Crippen molar-refractivity contribution in [2.24, 2.45) is 0 Å². The SMILES string of the molecule is COc1ccc(N2CCN(Cc3nc(-c4ccccc4)sc3CSc3ccc(OCC(=O)O)c(C)c3)CC2)cc1. The van der Waals surface area contributed by atoms with Crippen molar-refractivity contribution in [3.63, 3.8) is 0 Å². The molecule has 0 radical (unpaired) electrons. The fraction of sp³-hybridized carbons (Fsp3) is 0.290.